The average molecular weight is 508 g/mol. The topological polar surface area (TPSA) is 142 Å². The van der Waals surface area contributed by atoms with Crippen LogP contribution in [0.25, 0.3) is 0 Å². The number of nitro groups is 1. The fourth-order valence-electron chi connectivity index (χ4n) is 5.07. The van der Waals surface area contributed by atoms with Gasteiger partial charge in [0.05, 0.1) is 12.0 Å². The molecule has 0 spiro atoms. The van der Waals surface area contributed by atoms with Crippen LogP contribution in [-0.2, 0) is 16.1 Å². The number of nitrogens with zero attached hydrogens (tertiary/aromatic N) is 4. The number of methoxy groups -OCH3 is 1. The van der Waals surface area contributed by atoms with E-state index < -0.39 is 16.9 Å². The Morgan fingerprint density at radius 1 is 1.08 bits per heavy atom. The van der Waals surface area contributed by atoms with Crippen LogP contribution in [0.1, 0.15) is 39.1 Å². The number of nitrogens with one attached hydrogen (secondary N) is 1. The molecule has 2 aromatic rings. The Morgan fingerprint density at radius 2 is 1.84 bits per heavy atom. The third-order valence-corrected chi connectivity index (χ3v) is 7.06. The fourth-order valence-corrected chi connectivity index (χ4v) is 5.07. The number of imide groups is 1. The van der Waals surface area contributed by atoms with E-state index in [2.05, 4.69) is 10.2 Å². The van der Waals surface area contributed by atoms with Crippen molar-refractivity contribution in [3.05, 3.63) is 63.2 Å². The molecular weight excluding hydrogens is 482 g/mol. The zero-order valence-corrected chi connectivity index (χ0v) is 20.1. The van der Waals surface area contributed by atoms with Gasteiger partial charge in [0.2, 0.25) is 11.8 Å². The first kappa shape index (κ1) is 24.2. The molecule has 0 aromatic heterocycles. The summed E-state index contributed by atoms with van der Waals surface area (Å²) in [7, 11) is 1.32. The Balaban J connectivity index is 1.24. The van der Waals surface area contributed by atoms with E-state index in [1.807, 2.05) is 12.1 Å². The monoisotopic (exact) mass is 507 g/mol. The van der Waals surface area contributed by atoms with Crippen LogP contribution >= 0.6 is 0 Å². The van der Waals surface area contributed by atoms with Crippen molar-refractivity contribution in [1.82, 2.24) is 15.1 Å². The summed E-state index contributed by atoms with van der Waals surface area (Å²) >= 11 is 0. The molecule has 1 N–H and O–H groups in total. The number of fused-ring (bicyclic) bond motifs is 1. The van der Waals surface area contributed by atoms with Gasteiger partial charge in [-0.05, 0) is 36.2 Å². The van der Waals surface area contributed by atoms with Crippen molar-refractivity contribution in [3.8, 4) is 5.75 Å². The number of hydrogen-bond donors (Lipinski definition) is 1. The molecule has 2 saturated heterocycles. The van der Waals surface area contributed by atoms with Gasteiger partial charge in [0, 0.05) is 68.1 Å². The number of carbonyl (C=O) groups is 4. The summed E-state index contributed by atoms with van der Waals surface area (Å²) in [6.45, 7) is 2.35. The Kier molecular flexibility index (Phi) is 6.24. The average Bonchev–Trinajstić information content (AvgIpc) is 3.23. The van der Waals surface area contributed by atoms with Crippen LogP contribution in [0.15, 0.2) is 36.4 Å². The summed E-state index contributed by atoms with van der Waals surface area (Å²) in [6, 6.07) is 9.00. The van der Waals surface area contributed by atoms with Gasteiger partial charge >= 0.3 is 5.69 Å². The van der Waals surface area contributed by atoms with Crippen molar-refractivity contribution in [1.29, 1.82) is 0 Å². The second-order valence-electron chi connectivity index (χ2n) is 9.16. The van der Waals surface area contributed by atoms with Gasteiger partial charge in [0.15, 0.2) is 5.75 Å². The first-order valence-corrected chi connectivity index (χ1v) is 11.9. The van der Waals surface area contributed by atoms with E-state index in [1.54, 1.807) is 11.0 Å². The minimum absolute atomic E-state index is 0.0357. The van der Waals surface area contributed by atoms with Crippen molar-refractivity contribution in [2.45, 2.75) is 25.4 Å². The van der Waals surface area contributed by atoms with Crippen LogP contribution in [-0.4, -0.2) is 77.7 Å². The SMILES string of the molecule is COc1cc(C(=O)N2CCN(c3ccc4c(c3)CN(C3CCC(=O)NC3=O)C4=O)CC2)ccc1[N+](=O)[O-]. The maximum Gasteiger partial charge on any atom is 0.310 e. The van der Waals surface area contributed by atoms with E-state index in [-0.39, 0.29) is 35.6 Å². The number of anilines is 1. The number of amides is 4. The Hall–Kier alpha value is -4.48. The molecule has 3 aliphatic heterocycles. The predicted molar refractivity (Wildman–Crippen MR) is 130 cm³/mol. The molecular formula is C25H25N5O7. The predicted octanol–water partition coefficient (Wildman–Crippen LogP) is 1.33. The summed E-state index contributed by atoms with van der Waals surface area (Å²) in [5.41, 5.74) is 2.41. The van der Waals surface area contributed by atoms with Crippen molar-refractivity contribution < 1.29 is 28.8 Å². The highest BCUT2D eigenvalue weighted by atomic mass is 16.6. The quantitative estimate of drug-likeness (QED) is 0.363. The molecule has 12 nitrogen and oxygen atoms in total. The Bertz CT molecular complexity index is 1320. The molecule has 3 aliphatic rings. The molecule has 192 valence electrons. The molecule has 1 unspecified atom stereocenters. The normalized spacial score (nSPS) is 19.5. The molecule has 2 fully saturated rings. The van der Waals surface area contributed by atoms with E-state index >= 15 is 0 Å². The van der Waals surface area contributed by atoms with Gasteiger partial charge in [-0.3, -0.25) is 34.6 Å². The number of hydrogen-bond acceptors (Lipinski definition) is 8. The van der Waals surface area contributed by atoms with Gasteiger partial charge in [0.25, 0.3) is 11.8 Å². The highest BCUT2D eigenvalue weighted by Gasteiger charge is 2.39. The molecule has 2 aromatic carbocycles. The molecule has 1 atom stereocenters. The first-order chi connectivity index (χ1) is 17.8. The van der Waals surface area contributed by atoms with E-state index in [0.717, 1.165) is 11.3 Å². The van der Waals surface area contributed by atoms with Gasteiger partial charge < -0.3 is 19.4 Å². The van der Waals surface area contributed by atoms with Crippen molar-refractivity contribution in [3.63, 3.8) is 0 Å². The molecule has 3 heterocycles. The van der Waals surface area contributed by atoms with Crippen LogP contribution < -0.4 is 15.0 Å². The lowest BCUT2D eigenvalue weighted by atomic mass is 10.0. The Labute approximate surface area is 211 Å². The van der Waals surface area contributed by atoms with Crippen LogP contribution in [0, 0.1) is 10.1 Å². The van der Waals surface area contributed by atoms with Crippen LogP contribution in [0.5, 0.6) is 5.75 Å². The molecule has 5 rings (SSSR count). The number of rotatable bonds is 5. The molecule has 0 saturated carbocycles. The van der Waals surface area contributed by atoms with Crippen LogP contribution in [0.2, 0.25) is 0 Å². The van der Waals surface area contributed by atoms with Gasteiger partial charge in [-0.15, -0.1) is 0 Å². The van der Waals surface area contributed by atoms with Crippen molar-refractivity contribution >= 4 is 35.0 Å². The van der Waals surface area contributed by atoms with Gasteiger partial charge in [-0.25, -0.2) is 0 Å². The highest BCUT2D eigenvalue weighted by molar-refractivity contribution is 6.05. The Morgan fingerprint density at radius 3 is 2.51 bits per heavy atom. The van der Waals surface area contributed by atoms with E-state index in [1.165, 1.54) is 30.2 Å². The largest absolute Gasteiger partial charge is 0.490 e. The molecule has 0 aliphatic carbocycles. The minimum Gasteiger partial charge on any atom is -0.490 e. The zero-order chi connectivity index (χ0) is 26.3. The lowest BCUT2D eigenvalue weighted by Crippen LogP contribution is -2.52. The summed E-state index contributed by atoms with van der Waals surface area (Å²) in [4.78, 5) is 65.6. The molecule has 0 radical (unpaired) electrons. The molecule has 0 bridgehead atoms. The highest BCUT2D eigenvalue weighted by Crippen LogP contribution is 2.31. The summed E-state index contributed by atoms with van der Waals surface area (Å²) < 4.78 is 5.08. The number of nitro benzene ring substituents is 1. The minimum atomic E-state index is -0.659. The number of piperidine rings is 1. The summed E-state index contributed by atoms with van der Waals surface area (Å²) in [5.74, 6) is -1.17. The van der Waals surface area contributed by atoms with E-state index in [9.17, 15) is 29.3 Å². The van der Waals surface area contributed by atoms with E-state index in [0.29, 0.717) is 50.3 Å². The number of carbonyl (C=O) groups excluding carboxylic acids is 4. The third kappa shape index (κ3) is 4.46. The maximum absolute atomic E-state index is 13.0. The maximum atomic E-state index is 13.0. The zero-order valence-electron chi connectivity index (χ0n) is 20.1. The smallest absolute Gasteiger partial charge is 0.310 e. The van der Waals surface area contributed by atoms with Crippen LogP contribution in [0.3, 0.4) is 0 Å². The van der Waals surface area contributed by atoms with E-state index in [4.69, 9.17) is 4.74 Å². The second-order valence-corrected chi connectivity index (χ2v) is 9.16. The second kappa shape index (κ2) is 9.52. The third-order valence-electron chi connectivity index (χ3n) is 7.06. The van der Waals surface area contributed by atoms with Gasteiger partial charge in [0.1, 0.15) is 6.04 Å². The number of benzene rings is 2. The van der Waals surface area contributed by atoms with Crippen molar-refractivity contribution in [2.75, 3.05) is 38.2 Å². The van der Waals surface area contributed by atoms with Gasteiger partial charge in [-0.2, -0.15) is 0 Å². The standard InChI is InChI=1S/C25H25N5O7/c1-37-21-13-15(2-5-19(21)30(35)36)24(33)28-10-8-27(9-11-28)17-3-4-18-16(12-17)14-29(25(18)34)20-6-7-22(31)26-23(20)32/h2-5,12-13,20H,6-11,14H2,1H3,(H,26,31,32). The number of piperazine rings is 1. The molecule has 4 amide bonds. The van der Waals surface area contributed by atoms with Gasteiger partial charge in [-0.1, -0.05) is 0 Å². The lowest BCUT2D eigenvalue weighted by molar-refractivity contribution is -0.385. The fraction of sp³-hybridized carbons (Fsp3) is 0.360. The lowest BCUT2D eigenvalue weighted by Gasteiger charge is -2.36. The molecule has 37 heavy (non-hydrogen) atoms. The summed E-state index contributed by atoms with van der Waals surface area (Å²) in [6.07, 6.45) is 0.519. The van der Waals surface area contributed by atoms with Crippen molar-refractivity contribution in [2.24, 2.45) is 0 Å². The summed E-state index contributed by atoms with van der Waals surface area (Å²) in [5, 5.41) is 13.4. The van der Waals surface area contributed by atoms with Crippen LogP contribution in [0.4, 0.5) is 11.4 Å². The first-order valence-electron chi connectivity index (χ1n) is 11.9. The molecule has 12 heteroatoms. The number of ether oxygens (including phenoxy) is 1.